The van der Waals surface area contributed by atoms with Crippen molar-refractivity contribution in [1.29, 1.82) is 0 Å². The van der Waals surface area contributed by atoms with Crippen molar-refractivity contribution in [3.8, 4) is 11.3 Å². The van der Waals surface area contributed by atoms with Crippen molar-refractivity contribution in [3.05, 3.63) is 65.0 Å². The Morgan fingerprint density at radius 1 is 1.00 bits per heavy atom. The van der Waals surface area contributed by atoms with E-state index in [0.29, 0.717) is 0 Å². The number of nitrogens with one attached hydrogen (secondary N) is 1. The zero-order valence-electron chi connectivity index (χ0n) is 11.4. The maximum Gasteiger partial charge on any atom is 0.183 e. The quantitative estimate of drug-likeness (QED) is 0.734. The fourth-order valence-corrected chi connectivity index (χ4v) is 4.54. The van der Waals surface area contributed by atoms with Crippen molar-refractivity contribution in [2.24, 2.45) is 0 Å². The lowest BCUT2D eigenvalue weighted by molar-refractivity contribution is 1.13. The number of hydrogen-bond donors (Lipinski definition) is 1. The first kappa shape index (κ1) is 12.9. The number of thiazole rings is 1. The standard InChI is InChI=1S/C17H14N2S2/c1-2-6-12(7-3-1)10-18-17-19-16-13-8-4-5-9-14(13)20-11-15(16)21-17/h1-9H,10-11H2,(H,18,19). The van der Waals surface area contributed by atoms with Gasteiger partial charge in [0.2, 0.25) is 0 Å². The molecule has 1 aromatic heterocycles. The summed E-state index contributed by atoms with van der Waals surface area (Å²) in [5, 5.41) is 4.46. The minimum Gasteiger partial charge on any atom is -0.357 e. The molecule has 0 radical (unpaired) electrons. The third-order valence-corrected chi connectivity index (χ3v) is 5.78. The summed E-state index contributed by atoms with van der Waals surface area (Å²) in [6.07, 6.45) is 0. The molecule has 0 unspecified atom stereocenters. The van der Waals surface area contributed by atoms with Gasteiger partial charge in [0, 0.05) is 27.6 Å². The third-order valence-electron chi connectivity index (χ3n) is 3.48. The van der Waals surface area contributed by atoms with E-state index in [4.69, 9.17) is 4.98 Å². The van der Waals surface area contributed by atoms with Gasteiger partial charge in [-0.25, -0.2) is 4.98 Å². The molecule has 21 heavy (non-hydrogen) atoms. The van der Waals surface area contributed by atoms with Crippen LogP contribution in [0.5, 0.6) is 0 Å². The van der Waals surface area contributed by atoms with Crippen LogP contribution in [0, 0.1) is 0 Å². The first-order chi connectivity index (χ1) is 10.4. The summed E-state index contributed by atoms with van der Waals surface area (Å²) in [5.41, 5.74) is 3.71. The Morgan fingerprint density at radius 2 is 1.81 bits per heavy atom. The minimum absolute atomic E-state index is 0.821. The molecule has 0 spiro atoms. The van der Waals surface area contributed by atoms with E-state index in [1.54, 1.807) is 11.3 Å². The molecule has 1 aliphatic heterocycles. The van der Waals surface area contributed by atoms with Gasteiger partial charge in [0.05, 0.1) is 5.69 Å². The molecule has 0 fully saturated rings. The lowest BCUT2D eigenvalue weighted by Gasteiger charge is -2.13. The fourth-order valence-electron chi connectivity index (χ4n) is 2.44. The Hall–Kier alpha value is -1.78. The second-order valence-corrected chi connectivity index (χ2v) is 7.02. The van der Waals surface area contributed by atoms with E-state index < -0.39 is 0 Å². The third kappa shape index (κ3) is 2.57. The van der Waals surface area contributed by atoms with Gasteiger partial charge >= 0.3 is 0 Å². The van der Waals surface area contributed by atoms with Gasteiger partial charge in [0.15, 0.2) is 5.13 Å². The molecular weight excluding hydrogens is 296 g/mol. The van der Waals surface area contributed by atoms with Gasteiger partial charge in [-0.15, -0.1) is 23.1 Å². The Bertz CT molecular complexity index is 765. The van der Waals surface area contributed by atoms with Crippen molar-refractivity contribution in [1.82, 2.24) is 4.98 Å². The molecule has 0 amide bonds. The summed E-state index contributed by atoms with van der Waals surface area (Å²) in [4.78, 5) is 7.51. The Balaban J connectivity index is 1.59. The van der Waals surface area contributed by atoms with Crippen LogP contribution in [0.3, 0.4) is 0 Å². The number of thioether (sulfide) groups is 1. The highest BCUT2D eigenvalue weighted by molar-refractivity contribution is 7.98. The summed E-state index contributed by atoms with van der Waals surface area (Å²) < 4.78 is 0. The van der Waals surface area contributed by atoms with E-state index in [2.05, 4.69) is 53.8 Å². The van der Waals surface area contributed by atoms with Crippen LogP contribution < -0.4 is 5.32 Å². The van der Waals surface area contributed by atoms with Crippen LogP contribution in [-0.2, 0) is 12.3 Å². The maximum atomic E-state index is 4.80. The molecule has 104 valence electrons. The zero-order chi connectivity index (χ0) is 14.1. The molecular formula is C17H14N2S2. The summed E-state index contributed by atoms with van der Waals surface area (Å²) >= 11 is 3.68. The lowest BCUT2D eigenvalue weighted by atomic mass is 10.1. The van der Waals surface area contributed by atoms with Gasteiger partial charge in [0.25, 0.3) is 0 Å². The molecule has 2 heterocycles. The van der Waals surface area contributed by atoms with E-state index in [1.807, 2.05) is 17.8 Å². The molecule has 0 saturated heterocycles. The van der Waals surface area contributed by atoms with Gasteiger partial charge in [-0.1, -0.05) is 48.5 Å². The number of aromatic nitrogens is 1. The molecule has 4 heteroatoms. The molecule has 0 aliphatic carbocycles. The summed E-state index contributed by atoms with van der Waals surface area (Å²) in [5.74, 6) is 1.02. The van der Waals surface area contributed by atoms with Crippen molar-refractivity contribution in [2.45, 2.75) is 17.2 Å². The second kappa shape index (κ2) is 5.54. The first-order valence-electron chi connectivity index (χ1n) is 6.90. The fraction of sp³-hybridized carbons (Fsp3) is 0.118. The predicted octanol–water partition coefficient (Wildman–Crippen LogP) is 5.03. The van der Waals surface area contributed by atoms with Crippen LogP contribution in [0.25, 0.3) is 11.3 Å². The largest absolute Gasteiger partial charge is 0.357 e. The molecule has 0 bridgehead atoms. The SMILES string of the molecule is c1ccc(CNc2nc3c(s2)CSc2ccccc2-3)cc1. The number of rotatable bonds is 3. The van der Waals surface area contributed by atoms with Crippen LogP contribution in [-0.4, -0.2) is 4.98 Å². The van der Waals surface area contributed by atoms with Crippen molar-refractivity contribution in [2.75, 3.05) is 5.32 Å². The average molecular weight is 310 g/mol. The normalized spacial score (nSPS) is 12.6. The summed E-state index contributed by atoms with van der Waals surface area (Å²) in [7, 11) is 0. The Kier molecular flexibility index (Phi) is 3.41. The van der Waals surface area contributed by atoms with Crippen molar-refractivity contribution >= 4 is 28.2 Å². The summed E-state index contributed by atoms with van der Waals surface area (Å²) in [6.45, 7) is 0.821. The molecule has 1 aliphatic rings. The number of anilines is 1. The predicted molar refractivity (Wildman–Crippen MR) is 90.9 cm³/mol. The van der Waals surface area contributed by atoms with Gasteiger partial charge in [0.1, 0.15) is 0 Å². The monoisotopic (exact) mass is 310 g/mol. The molecule has 4 rings (SSSR count). The van der Waals surface area contributed by atoms with Crippen LogP contribution in [0.4, 0.5) is 5.13 Å². The topological polar surface area (TPSA) is 24.9 Å². The lowest BCUT2D eigenvalue weighted by Crippen LogP contribution is -1.98. The minimum atomic E-state index is 0.821. The molecule has 0 saturated carbocycles. The summed E-state index contributed by atoms with van der Waals surface area (Å²) in [6, 6.07) is 19.0. The van der Waals surface area contributed by atoms with E-state index in [-0.39, 0.29) is 0 Å². The molecule has 3 aromatic rings. The second-order valence-electron chi connectivity index (χ2n) is 4.91. The van der Waals surface area contributed by atoms with Crippen molar-refractivity contribution < 1.29 is 0 Å². The van der Waals surface area contributed by atoms with Gasteiger partial charge < -0.3 is 5.32 Å². The van der Waals surface area contributed by atoms with Gasteiger partial charge in [-0.3, -0.25) is 0 Å². The van der Waals surface area contributed by atoms with E-state index >= 15 is 0 Å². The Labute approximate surface area is 132 Å². The Morgan fingerprint density at radius 3 is 2.71 bits per heavy atom. The van der Waals surface area contributed by atoms with Crippen LogP contribution in [0.2, 0.25) is 0 Å². The molecule has 2 nitrogen and oxygen atoms in total. The van der Waals surface area contributed by atoms with Gasteiger partial charge in [-0.2, -0.15) is 0 Å². The van der Waals surface area contributed by atoms with Crippen LogP contribution in [0.15, 0.2) is 59.5 Å². The first-order valence-corrected chi connectivity index (χ1v) is 8.70. The highest BCUT2D eigenvalue weighted by atomic mass is 32.2. The smallest absolute Gasteiger partial charge is 0.183 e. The van der Waals surface area contributed by atoms with Crippen LogP contribution in [0.1, 0.15) is 10.4 Å². The van der Waals surface area contributed by atoms with Crippen molar-refractivity contribution in [3.63, 3.8) is 0 Å². The molecule has 0 atom stereocenters. The molecule has 1 N–H and O–H groups in total. The number of nitrogens with zero attached hydrogens (tertiary/aromatic N) is 1. The average Bonchev–Trinajstić information content (AvgIpc) is 2.97. The van der Waals surface area contributed by atoms with E-state index in [0.717, 1.165) is 23.1 Å². The van der Waals surface area contributed by atoms with E-state index in [9.17, 15) is 0 Å². The van der Waals surface area contributed by atoms with Crippen LogP contribution >= 0.6 is 23.1 Å². The number of benzene rings is 2. The zero-order valence-corrected chi connectivity index (χ0v) is 13.0. The molecule has 2 aromatic carbocycles. The highest BCUT2D eigenvalue weighted by Crippen LogP contribution is 2.44. The highest BCUT2D eigenvalue weighted by Gasteiger charge is 2.20. The number of hydrogen-bond acceptors (Lipinski definition) is 4. The van der Waals surface area contributed by atoms with Gasteiger partial charge in [-0.05, 0) is 11.6 Å². The number of fused-ring (bicyclic) bond motifs is 3. The van der Waals surface area contributed by atoms with E-state index in [1.165, 1.54) is 20.9 Å². The maximum absolute atomic E-state index is 4.80.